The summed E-state index contributed by atoms with van der Waals surface area (Å²) >= 11 is 0. The van der Waals surface area contributed by atoms with Crippen molar-refractivity contribution in [2.45, 2.75) is 38.5 Å². The number of carbonyl (C=O) groups is 1. The summed E-state index contributed by atoms with van der Waals surface area (Å²) in [5.41, 5.74) is 0.598. The molecule has 118 valence electrons. The Morgan fingerprint density at radius 1 is 1.09 bits per heavy atom. The summed E-state index contributed by atoms with van der Waals surface area (Å²) in [7, 11) is 3.81. The number of rotatable bonds is 3. The van der Waals surface area contributed by atoms with Crippen LogP contribution in [0.2, 0.25) is 0 Å². The predicted molar refractivity (Wildman–Crippen MR) is 85.6 cm³/mol. The summed E-state index contributed by atoms with van der Waals surface area (Å²) in [5, 5.41) is 3.08. The third-order valence-electron chi connectivity index (χ3n) is 5.82. The second kappa shape index (κ2) is 4.93. The van der Waals surface area contributed by atoms with Gasteiger partial charge in [0.05, 0.1) is 23.5 Å². The number of aromatic nitrogens is 2. The van der Waals surface area contributed by atoms with Crippen molar-refractivity contribution in [1.82, 2.24) is 9.97 Å². The van der Waals surface area contributed by atoms with Crippen molar-refractivity contribution < 1.29 is 4.79 Å². The van der Waals surface area contributed by atoms with Gasteiger partial charge in [0, 0.05) is 14.1 Å². The first-order valence-electron chi connectivity index (χ1n) is 8.35. The maximum atomic E-state index is 12.9. The fraction of sp³-hybridized carbons (Fsp3) is 0.706. The van der Waals surface area contributed by atoms with Gasteiger partial charge in [-0.05, 0) is 56.3 Å². The van der Waals surface area contributed by atoms with Gasteiger partial charge in [-0.1, -0.05) is 0 Å². The smallest absolute Gasteiger partial charge is 0.230 e. The van der Waals surface area contributed by atoms with E-state index < -0.39 is 0 Å². The average molecular weight is 300 g/mol. The molecule has 4 aliphatic rings. The number of carbonyl (C=O) groups excluding carboxylic acids is 1. The lowest BCUT2D eigenvalue weighted by molar-refractivity contribution is -0.140. The molecular formula is C17H24N4O. The molecule has 1 amide bonds. The van der Waals surface area contributed by atoms with Crippen molar-refractivity contribution in [3.8, 4) is 0 Å². The molecule has 1 aromatic heterocycles. The van der Waals surface area contributed by atoms with Gasteiger partial charge in [0.1, 0.15) is 0 Å². The first-order valence-corrected chi connectivity index (χ1v) is 8.35. The Balaban J connectivity index is 1.50. The molecule has 0 aliphatic heterocycles. The van der Waals surface area contributed by atoms with E-state index in [0.717, 1.165) is 37.0 Å². The summed E-state index contributed by atoms with van der Waals surface area (Å²) in [4.78, 5) is 23.3. The minimum atomic E-state index is -0.116. The topological polar surface area (TPSA) is 58.1 Å². The third-order valence-corrected chi connectivity index (χ3v) is 5.82. The molecule has 4 saturated carbocycles. The van der Waals surface area contributed by atoms with Crippen LogP contribution in [0.1, 0.15) is 38.5 Å². The van der Waals surface area contributed by atoms with Crippen LogP contribution in [0.4, 0.5) is 11.6 Å². The predicted octanol–water partition coefficient (Wildman–Crippen LogP) is 2.70. The van der Waals surface area contributed by atoms with Crippen molar-refractivity contribution >= 4 is 17.5 Å². The molecule has 4 aliphatic carbocycles. The first kappa shape index (κ1) is 14.0. The maximum absolute atomic E-state index is 12.9. The Labute approximate surface area is 131 Å². The largest absolute Gasteiger partial charge is 0.347 e. The Hall–Kier alpha value is -1.65. The van der Waals surface area contributed by atoms with Gasteiger partial charge in [0.2, 0.25) is 11.9 Å². The van der Waals surface area contributed by atoms with Crippen LogP contribution in [0, 0.1) is 23.2 Å². The van der Waals surface area contributed by atoms with Crippen LogP contribution >= 0.6 is 0 Å². The highest BCUT2D eigenvalue weighted by Gasteiger charge is 2.54. The fourth-order valence-electron chi connectivity index (χ4n) is 5.27. The van der Waals surface area contributed by atoms with E-state index in [1.165, 1.54) is 19.3 Å². The van der Waals surface area contributed by atoms with Crippen LogP contribution in [0.5, 0.6) is 0 Å². The SMILES string of the molecule is CN(C)c1ncc(NC(=O)C23CC4CC(CC(C4)C2)C3)cn1. The lowest BCUT2D eigenvalue weighted by atomic mass is 9.49. The molecule has 22 heavy (non-hydrogen) atoms. The van der Waals surface area contributed by atoms with Gasteiger partial charge < -0.3 is 10.2 Å². The van der Waals surface area contributed by atoms with E-state index in [9.17, 15) is 4.79 Å². The van der Waals surface area contributed by atoms with Crippen molar-refractivity contribution in [2.24, 2.45) is 23.2 Å². The number of hydrogen-bond acceptors (Lipinski definition) is 4. The molecule has 0 aromatic carbocycles. The second-order valence-corrected chi connectivity index (χ2v) is 7.82. The van der Waals surface area contributed by atoms with Crippen molar-refractivity contribution in [1.29, 1.82) is 0 Å². The summed E-state index contributed by atoms with van der Waals surface area (Å²) in [6, 6.07) is 0. The average Bonchev–Trinajstić information content (AvgIpc) is 2.46. The van der Waals surface area contributed by atoms with Crippen molar-refractivity contribution in [3.05, 3.63) is 12.4 Å². The highest BCUT2D eigenvalue weighted by molar-refractivity contribution is 5.95. The van der Waals surface area contributed by atoms with Crippen LogP contribution in [0.25, 0.3) is 0 Å². The lowest BCUT2D eigenvalue weighted by Crippen LogP contribution is -2.51. The van der Waals surface area contributed by atoms with Gasteiger partial charge in [-0.2, -0.15) is 0 Å². The Morgan fingerprint density at radius 3 is 2.05 bits per heavy atom. The molecule has 1 N–H and O–H groups in total. The Bertz CT molecular complexity index is 546. The minimum Gasteiger partial charge on any atom is -0.347 e. The molecule has 5 nitrogen and oxygen atoms in total. The zero-order chi connectivity index (χ0) is 15.3. The highest BCUT2D eigenvalue weighted by atomic mass is 16.2. The molecule has 4 fully saturated rings. The van der Waals surface area contributed by atoms with E-state index in [1.54, 1.807) is 12.4 Å². The summed E-state index contributed by atoms with van der Waals surface area (Å²) in [6.45, 7) is 0. The van der Waals surface area contributed by atoms with Crippen LogP contribution in [-0.2, 0) is 4.79 Å². The third kappa shape index (κ3) is 2.27. The number of hydrogen-bond donors (Lipinski definition) is 1. The number of nitrogens with one attached hydrogen (secondary N) is 1. The molecule has 1 heterocycles. The summed E-state index contributed by atoms with van der Waals surface area (Å²) in [5.74, 6) is 3.21. The van der Waals surface area contributed by atoms with Gasteiger partial charge in [-0.15, -0.1) is 0 Å². The van der Waals surface area contributed by atoms with E-state index in [1.807, 2.05) is 19.0 Å². The van der Waals surface area contributed by atoms with Gasteiger partial charge >= 0.3 is 0 Å². The zero-order valence-corrected chi connectivity index (χ0v) is 13.4. The summed E-state index contributed by atoms with van der Waals surface area (Å²) < 4.78 is 0. The van der Waals surface area contributed by atoms with Gasteiger partial charge in [-0.25, -0.2) is 9.97 Å². The highest BCUT2D eigenvalue weighted by Crippen LogP contribution is 2.60. The fourth-order valence-corrected chi connectivity index (χ4v) is 5.27. The number of nitrogens with zero attached hydrogens (tertiary/aromatic N) is 3. The molecule has 5 heteroatoms. The van der Waals surface area contributed by atoms with Gasteiger partial charge in [-0.3, -0.25) is 4.79 Å². The first-order chi connectivity index (χ1) is 10.5. The quantitative estimate of drug-likeness (QED) is 0.932. The Morgan fingerprint density at radius 2 is 1.59 bits per heavy atom. The number of amides is 1. The monoisotopic (exact) mass is 300 g/mol. The van der Waals surface area contributed by atoms with E-state index >= 15 is 0 Å². The Kier molecular flexibility index (Phi) is 3.13. The maximum Gasteiger partial charge on any atom is 0.230 e. The summed E-state index contributed by atoms with van der Waals surface area (Å²) in [6.07, 6.45) is 10.7. The van der Waals surface area contributed by atoms with Crippen molar-refractivity contribution in [3.63, 3.8) is 0 Å². The second-order valence-electron chi connectivity index (χ2n) is 7.82. The molecule has 0 saturated heterocycles. The van der Waals surface area contributed by atoms with Crippen molar-refractivity contribution in [2.75, 3.05) is 24.3 Å². The molecule has 0 spiro atoms. The molecule has 0 atom stereocenters. The zero-order valence-electron chi connectivity index (χ0n) is 13.4. The molecule has 4 bridgehead atoms. The standard InChI is InChI=1S/C17H24N4O/c1-21(2)16-18-9-14(10-19-16)20-15(22)17-6-11-3-12(7-17)5-13(4-11)8-17/h9-13H,3-8H2,1-2H3,(H,20,22). The molecule has 0 unspecified atom stereocenters. The molecular weight excluding hydrogens is 276 g/mol. The van der Waals surface area contributed by atoms with E-state index in [0.29, 0.717) is 11.6 Å². The molecule has 5 rings (SSSR count). The minimum absolute atomic E-state index is 0.116. The normalized spacial score (nSPS) is 35.5. The number of anilines is 2. The van der Waals surface area contributed by atoms with Crippen LogP contribution < -0.4 is 10.2 Å². The van der Waals surface area contributed by atoms with Gasteiger partial charge in [0.25, 0.3) is 0 Å². The van der Waals surface area contributed by atoms with E-state index in [-0.39, 0.29) is 11.3 Å². The lowest BCUT2D eigenvalue weighted by Gasteiger charge is -2.55. The van der Waals surface area contributed by atoms with Crippen LogP contribution in [0.3, 0.4) is 0 Å². The molecule has 0 radical (unpaired) electrons. The van der Waals surface area contributed by atoms with Gasteiger partial charge in [0.15, 0.2) is 0 Å². The van der Waals surface area contributed by atoms with Crippen LogP contribution in [-0.4, -0.2) is 30.0 Å². The van der Waals surface area contributed by atoms with Crippen LogP contribution in [0.15, 0.2) is 12.4 Å². The molecule has 1 aromatic rings. The van der Waals surface area contributed by atoms with E-state index in [2.05, 4.69) is 15.3 Å². The van der Waals surface area contributed by atoms with E-state index in [4.69, 9.17) is 0 Å².